The van der Waals surface area contributed by atoms with Crippen LogP contribution in [0.1, 0.15) is 79.1 Å². The summed E-state index contributed by atoms with van der Waals surface area (Å²) in [6.07, 6.45) is 6.42. The minimum Gasteiger partial charge on any atom is -0.394 e. The van der Waals surface area contributed by atoms with E-state index in [2.05, 4.69) is 33.8 Å². The normalized spacial score (nSPS) is 16.7. The molecular formula is C23H44O6. The molecule has 0 aromatic rings. The lowest BCUT2D eigenvalue weighted by Gasteiger charge is -2.20. The van der Waals surface area contributed by atoms with E-state index in [1.165, 1.54) is 37.7 Å². The first-order chi connectivity index (χ1) is 13.7. The summed E-state index contributed by atoms with van der Waals surface area (Å²) in [6, 6.07) is 0. The molecule has 6 heteroatoms. The molecule has 0 saturated carbocycles. The molecule has 0 fully saturated rings. The molecule has 0 bridgehead atoms. The van der Waals surface area contributed by atoms with E-state index in [-0.39, 0.29) is 6.61 Å². The van der Waals surface area contributed by atoms with Crippen LogP contribution in [-0.2, 0) is 9.53 Å². The largest absolute Gasteiger partial charge is 0.394 e. The average molecular weight is 417 g/mol. The minimum atomic E-state index is -1.76. The molecule has 0 aliphatic rings. The van der Waals surface area contributed by atoms with Gasteiger partial charge in [0, 0.05) is 6.61 Å². The van der Waals surface area contributed by atoms with Crippen LogP contribution in [0.5, 0.6) is 0 Å². The highest BCUT2D eigenvalue weighted by molar-refractivity contribution is 5.84. The summed E-state index contributed by atoms with van der Waals surface area (Å²) in [5.74, 6) is 0.879. The predicted octanol–water partition coefficient (Wildman–Crippen LogP) is 3.01. The monoisotopic (exact) mass is 416 g/mol. The van der Waals surface area contributed by atoms with Crippen molar-refractivity contribution in [3.8, 4) is 0 Å². The zero-order valence-corrected chi connectivity index (χ0v) is 18.8. The molecule has 0 aliphatic heterocycles. The molecule has 29 heavy (non-hydrogen) atoms. The molecule has 4 atom stereocenters. The summed E-state index contributed by atoms with van der Waals surface area (Å²) in [5, 5.41) is 37.0. The Morgan fingerprint density at radius 2 is 1.66 bits per heavy atom. The third-order valence-electron chi connectivity index (χ3n) is 5.21. The number of ether oxygens (including phenoxy) is 1. The third kappa shape index (κ3) is 14.8. The summed E-state index contributed by atoms with van der Waals surface area (Å²) < 4.78 is 5.23. The summed E-state index contributed by atoms with van der Waals surface area (Å²) in [4.78, 5) is 11.7. The molecule has 1 unspecified atom stereocenters. The Bertz CT molecular complexity index is 449. The molecule has 0 aliphatic carbocycles. The van der Waals surface area contributed by atoms with Crippen LogP contribution in [0.2, 0.25) is 0 Å². The van der Waals surface area contributed by atoms with Gasteiger partial charge in [0.15, 0.2) is 5.78 Å². The summed E-state index contributed by atoms with van der Waals surface area (Å²) >= 11 is 0. The number of aliphatic hydroxyl groups excluding tert-OH is 4. The fraction of sp³-hybridized carbons (Fsp3) is 0.870. The lowest BCUT2D eigenvalue weighted by atomic mass is 9.94. The van der Waals surface area contributed by atoms with Gasteiger partial charge in [-0.2, -0.15) is 0 Å². The van der Waals surface area contributed by atoms with E-state index >= 15 is 0 Å². The molecule has 0 saturated heterocycles. The third-order valence-corrected chi connectivity index (χ3v) is 5.21. The highest BCUT2D eigenvalue weighted by Gasteiger charge is 2.29. The molecule has 0 heterocycles. The Balaban J connectivity index is 3.79. The van der Waals surface area contributed by atoms with E-state index in [1.807, 2.05) is 0 Å². The van der Waals surface area contributed by atoms with Gasteiger partial charge in [0.1, 0.15) is 24.9 Å². The molecule has 4 N–H and O–H groups in total. The number of carbonyl (C=O) groups is 1. The minimum absolute atomic E-state index is 0.326. The van der Waals surface area contributed by atoms with Crippen molar-refractivity contribution >= 4 is 5.78 Å². The summed E-state index contributed by atoms with van der Waals surface area (Å²) in [7, 11) is 0. The van der Waals surface area contributed by atoms with E-state index in [0.717, 1.165) is 31.1 Å². The fourth-order valence-corrected chi connectivity index (χ4v) is 3.15. The van der Waals surface area contributed by atoms with Gasteiger partial charge in [-0.25, -0.2) is 0 Å². The first-order valence-electron chi connectivity index (χ1n) is 11.1. The van der Waals surface area contributed by atoms with Crippen LogP contribution in [0, 0.1) is 11.8 Å². The summed E-state index contributed by atoms with van der Waals surface area (Å²) in [6.45, 7) is 8.38. The average Bonchev–Trinajstić information content (AvgIpc) is 2.68. The number of hydrogen-bond acceptors (Lipinski definition) is 6. The SMILES string of the molecule is C/C(=C\CCCOCC(=O)[C@H](O)[C@@H](O)[C@H](O)CO)CCCC(C)CCCC(C)C. The van der Waals surface area contributed by atoms with Crippen molar-refractivity contribution in [2.45, 2.75) is 97.4 Å². The van der Waals surface area contributed by atoms with Crippen LogP contribution in [0.3, 0.4) is 0 Å². The topological polar surface area (TPSA) is 107 Å². The van der Waals surface area contributed by atoms with Crippen LogP contribution in [0.25, 0.3) is 0 Å². The maximum atomic E-state index is 11.7. The molecule has 0 aromatic carbocycles. The molecule has 0 aromatic heterocycles. The number of allylic oxidation sites excluding steroid dienone is 2. The Morgan fingerprint density at radius 1 is 1.00 bits per heavy atom. The second-order valence-electron chi connectivity index (χ2n) is 8.72. The highest BCUT2D eigenvalue weighted by atomic mass is 16.5. The van der Waals surface area contributed by atoms with Crippen LogP contribution in [0.4, 0.5) is 0 Å². The number of ketones is 1. The molecule has 0 amide bonds. The second kappa shape index (κ2) is 16.9. The van der Waals surface area contributed by atoms with E-state index in [1.54, 1.807) is 0 Å². The molecule has 0 radical (unpaired) electrons. The van der Waals surface area contributed by atoms with Crippen molar-refractivity contribution in [1.82, 2.24) is 0 Å². The maximum absolute atomic E-state index is 11.7. The van der Waals surface area contributed by atoms with Gasteiger partial charge in [0.2, 0.25) is 0 Å². The number of rotatable bonds is 18. The van der Waals surface area contributed by atoms with Gasteiger partial charge in [-0.1, -0.05) is 58.1 Å². The van der Waals surface area contributed by atoms with Crippen molar-refractivity contribution < 1.29 is 30.0 Å². The molecule has 0 spiro atoms. The smallest absolute Gasteiger partial charge is 0.189 e. The maximum Gasteiger partial charge on any atom is 0.189 e. The number of carbonyl (C=O) groups excluding carboxylic acids is 1. The van der Waals surface area contributed by atoms with Crippen LogP contribution < -0.4 is 0 Å². The standard InChI is InChI=1S/C23H44O6/c1-17(2)9-7-11-19(4)13-8-12-18(3)10-5-6-14-29-16-21(26)23(28)22(27)20(25)15-24/h10,17,19-20,22-25,27-28H,5-9,11-16H2,1-4H3/b18-10+/t19?,20-,22+,23+/m1/s1. The number of Topliss-reactive ketones (excluding diaryl/α,β-unsaturated/α-hetero) is 1. The fourth-order valence-electron chi connectivity index (χ4n) is 3.15. The predicted molar refractivity (Wildman–Crippen MR) is 116 cm³/mol. The highest BCUT2D eigenvalue weighted by Crippen LogP contribution is 2.19. The molecular weight excluding hydrogens is 372 g/mol. The Kier molecular flexibility index (Phi) is 16.5. The van der Waals surface area contributed by atoms with Gasteiger partial charge in [0.05, 0.1) is 6.61 Å². The second-order valence-corrected chi connectivity index (χ2v) is 8.72. The quantitative estimate of drug-likeness (QED) is 0.202. The van der Waals surface area contributed by atoms with Crippen molar-refractivity contribution in [2.75, 3.05) is 19.8 Å². The van der Waals surface area contributed by atoms with Gasteiger partial charge in [-0.3, -0.25) is 4.79 Å². The molecule has 0 rings (SSSR count). The number of aliphatic hydroxyl groups is 4. The van der Waals surface area contributed by atoms with E-state index in [9.17, 15) is 20.1 Å². The molecule has 6 nitrogen and oxygen atoms in total. The first kappa shape index (κ1) is 28.2. The zero-order valence-electron chi connectivity index (χ0n) is 18.8. The Hall–Kier alpha value is -0.790. The van der Waals surface area contributed by atoms with Gasteiger partial charge in [-0.15, -0.1) is 0 Å². The number of hydrogen-bond donors (Lipinski definition) is 4. The Labute approximate surface area is 177 Å². The van der Waals surface area contributed by atoms with E-state index < -0.39 is 30.7 Å². The van der Waals surface area contributed by atoms with E-state index in [4.69, 9.17) is 9.84 Å². The van der Waals surface area contributed by atoms with Gasteiger partial charge in [0.25, 0.3) is 0 Å². The van der Waals surface area contributed by atoms with Crippen molar-refractivity contribution in [2.24, 2.45) is 11.8 Å². The van der Waals surface area contributed by atoms with Crippen LogP contribution in [-0.4, -0.2) is 64.3 Å². The van der Waals surface area contributed by atoms with Crippen molar-refractivity contribution in [3.05, 3.63) is 11.6 Å². The van der Waals surface area contributed by atoms with Gasteiger partial charge < -0.3 is 25.2 Å². The van der Waals surface area contributed by atoms with Crippen molar-refractivity contribution in [1.29, 1.82) is 0 Å². The van der Waals surface area contributed by atoms with Crippen LogP contribution >= 0.6 is 0 Å². The van der Waals surface area contributed by atoms with Gasteiger partial charge in [-0.05, 0) is 44.4 Å². The summed E-state index contributed by atoms with van der Waals surface area (Å²) in [5.41, 5.74) is 1.38. The first-order valence-corrected chi connectivity index (χ1v) is 11.1. The van der Waals surface area contributed by atoms with Crippen LogP contribution in [0.15, 0.2) is 11.6 Å². The molecule has 172 valence electrons. The Morgan fingerprint density at radius 3 is 2.28 bits per heavy atom. The lowest BCUT2D eigenvalue weighted by Crippen LogP contribution is -2.45. The van der Waals surface area contributed by atoms with E-state index in [0.29, 0.717) is 6.61 Å². The van der Waals surface area contributed by atoms with Gasteiger partial charge >= 0.3 is 0 Å². The lowest BCUT2D eigenvalue weighted by molar-refractivity contribution is -0.144. The van der Waals surface area contributed by atoms with Crippen molar-refractivity contribution in [3.63, 3.8) is 0 Å². The zero-order chi connectivity index (χ0) is 22.2. The number of unbranched alkanes of at least 4 members (excludes halogenated alkanes) is 1.